The molecule has 0 amide bonds. The van der Waals surface area contributed by atoms with Crippen molar-refractivity contribution in [3.8, 4) is 11.8 Å². The highest BCUT2D eigenvalue weighted by molar-refractivity contribution is 5.27. The Labute approximate surface area is 80.9 Å². The molecular weight excluding hydrogens is 160 g/mol. The monoisotopic (exact) mass is 178 g/mol. The number of unbranched alkanes of at least 4 members (excludes halogenated alkanes) is 3. The molecule has 0 aromatic carbocycles. The Morgan fingerprint density at radius 3 is 3.00 bits per heavy atom. The summed E-state index contributed by atoms with van der Waals surface area (Å²) in [5.74, 6) is 6.59. The van der Waals surface area contributed by atoms with Crippen molar-refractivity contribution in [1.29, 1.82) is 0 Å². The molecule has 0 spiro atoms. The summed E-state index contributed by atoms with van der Waals surface area (Å²) in [5, 5.41) is 0. The summed E-state index contributed by atoms with van der Waals surface area (Å²) in [4.78, 5) is 0. The molecule has 72 valence electrons. The van der Waals surface area contributed by atoms with Crippen molar-refractivity contribution in [3.05, 3.63) is 0 Å². The fourth-order valence-electron chi connectivity index (χ4n) is 2.13. The van der Waals surface area contributed by atoms with Crippen molar-refractivity contribution in [2.24, 2.45) is 0 Å². The van der Waals surface area contributed by atoms with Gasteiger partial charge in [0.05, 0.1) is 6.10 Å². The molecule has 1 heteroatoms. The predicted octanol–water partition coefficient (Wildman–Crippen LogP) is 2.89. The van der Waals surface area contributed by atoms with Crippen LogP contribution in [0, 0.1) is 11.8 Å². The molecule has 0 aromatic heterocycles. The van der Waals surface area contributed by atoms with Crippen molar-refractivity contribution in [3.63, 3.8) is 0 Å². The van der Waals surface area contributed by atoms with Crippen LogP contribution in [0.3, 0.4) is 0 Å². The Balaban J connectivity index is 1.71. The first-order valence-corrected chi connectivity index (χ1v) is 5.55. The lowest BCUT2D eigenvalue weighted by Crippen LogP contribution is -2.04. The number of fused-ring (bicyclic) bond motifs is 1. The van der Waals surface area contributed by atoms with E-state index >= 15 is 0 Å². The van der Waals surface area contributed by atoms with Crippen LogP contribution in [-0.2, 0) is 4.74 Å². The molecule has 2 fully saturated rings. The van der Waals surface area contributed by atoms with Crippen molar-refractivity contribution >= 4 is 0 Å². The van der Waals surface area contributed by atoms with Gasteiger partial charge in [-0.1, -0.05) is 25.7 Å². The molecule has 1 aliphatic carbocycles. The third kappa shape index (κ3) is 1.89. The van der Waals surface area contributed by atoms with Gasteiger partial charge < -0.3 is 4.74 Å². The third-order valence-corrected chi connectivity index (χ3v) is 3.04. The van der Waals surface area contributed by atoms with Gasteiger partial charge in [-0.05, 0) is 25.7 Å². The molecule has 0 radical (unpaired) electrons. The molecule has 2 atom stereocenters. The second kappa shape index (κ2) is 3.72. The first kappa shape index (κ1) is 9.09. The normalized spacial score (nSPS) is 35.0. The number of ether oxygens (including phenoxy) is 1. The summed E-state index contributed by atoms with van der Waals surface area (Å²) in [6.07, 6.45) is 9.15. The van der Waals surface area contributed by atoms with Gasteiger partial charge in [0.2, 0.25) is 0 Å². The van der Waals surface area contributed by atoms with E-state index in [-0.39, 0.29) is 5.60 Å². The Kier molecular flexibility index (Phi) is 2.60. The zero-order chi connectivity index (χ0) is 9.15. The van der Waals surface area contributed by atoms with Crippen molar-refractivity contribution in [2.45, 2.75) is 63.6 Å². The highest BCUT2D eigenvalue weighted by Crippen LogP contribution is 2.49. The van der Waals surface area contributed by atoms with E-state index in [1.54, 1.807) is 0 Å². The lowest BCUT2D eigenvalue weighted by atomic mass is 10.1. The molecule has 1 saturated heterocycles. The Bertz CT molecular complexity index is 235. The first-order chi connectivity index (χ1) is 6.37. The Morgan fingerprint density at radius 2 is 2.38 bits per heavy atom. The van der Waals surface area contributed by atoms with Gasteiger partial charge in [0.25, 0.3) is 0 Å². The zero-order valence-electron chi connectivity index (χ0n) is 8.44. The van der Waals surface area contributed by atoms with Crippen LogP contribution in [0.4, 0.5) is 0 Å². The lowest BCUT2D eigenvalue weighted by molar-refractivity contribution is 0.289. The van der Waals surface area contributed by atoms with Crippen molar-refractivity contribution < 1.29 is 4.74 Å². The molecule has 0 aromatic rings. The van der Waals surface area contributed by atoms with Crippen LogP contribution in [-0.4, -0.2) is 11.7 Å². The highest BCUT2D eigenvalue weighted by Gasteiger charge is 2.58. The van der Waals surface area contributed by atoms with Gasteiger partial charge in [0, 0.05) is 6.42 Å². The van der Waals surface area contributed by atoms with Gasteiger partial charge in [-0.15, -0.1) is 5.92 Å². The molecule has 2 rings (SSSR count). The fourth-order valence-corrected chi connectivity index (χ4v) is 2.13. The van der Waals surface area contributed by atoms with Crippen LogP contribution < -0.4 is 0 Å². The quantitative estimate of drug-likeness (QED) is 0.368. The van der Waals surface area contributed by atoms with E-state index in [9.17, 15) is 0 Å². The van der Waals surface area contributed by atoms with Gasteiger partial charge in [-0.2, -0.15) is 0 Å². The number of hydrogen-bond acceptors (Lipinski definition) is 1. The summed E-state index contributed by atoms with van der Waals surface area (Å²) < 4.78 is 5.57. The molecule has 1 saturated carbocycles. The van der Waals surface area contributed by atoms with Crippen LogP contribution >= 0.6 is 0 Å². The molecule has 2 aliphatic rings. The standard InChI is InChI=1S/C12H18O/c1-2-3-4-5-6-9-12-10-7-8-11(12)13-12/h11H,2-5,7-8,10H2,1H3. The number of hydrogen-bond donors (Lipinski definition) is 0. The van der Waals surface area contributed by atoms with E-state index in [1.165, 1.54) is 38.5 Å². The largest absolute Gasteiger partial charge is 0.352 e. The smallest absolute Gasteiger partial charge is 0.155 e. The predicted molar refractivity (Wildman–Crippen MR) is 53.4 cm³/mol. The first-order valence-electron chi connectivity index (χ1n) is 5.55. The molecule has 0 N–H and O–H groups in total. The van der Waals surface area contributed by atoms with Gasteiger partial charge in [0.15, 0.2) is 5.60 Å². The van der Waals surface area contributed by atoms with Crippen LogP contribution in [0.5, 0.6) is 0 Å². The van der Waals surface area contributed by atoms with Crippen LogP contribution in [0.25, 0.3) is 0 Å². The van der Waals surface area contributed by atoms with E-state index in [2.05, 4.69) is 18.8 Å². The fraction of sp³-hybridized carbons (Fsp3) is 0.833. The summed E-state index contributed by atoms with van der Waals surface area (Å²) in [7, 11) is 0. The van der Waals surface area contributed by atoms with E-state index in [0.717, 1.165) is 6.42 Å². The molecule has 1 aliphatic heterocycles. The van der Waals surface area contributed by atoms with E-state index in [1.807, 2.05) is 0 Å². The zero-order valence-corrected chi connectivity index (χ0v) is 8.44. The average Bonchev–Trinajstić information content (AvgIpc) is 2.69. The van der Waals surface area contributed by atoms with Gasteiger partial charge in [0.1, 0.15) is 0 Å². The van der Waals surface area contributed by atoms with E-state index in [4.69, 9.17) is 4.74 Å². The molecule has 0 bridgehead atoms. The Morgan fingerprint density at radius 1 is 1.46 bits per heavy atom. The van der Waals surface area contributed by atoms with Crippen LogP contribution in [0.2, 0.25) is 0 Å². The maximum absolute atomic E-state index is 5.57. The minimum absolute atomic E-state index is 0.0478. The number of epoxide rings is 1. The van der Waals surface area contributed by atoms with E-state index in [0.29, 0.717) is 6.10 Å². The molecule has 13 heavy (non-hydrogen) atoms. The molecule has 1 heterocycles. The summed E-state index contributed by atoms with van der Waals surface area (Å²) in [6, 6.07) is 0. The second-order valence-electron chi connectivity index (χ2n) is 4.15. The second-order valence-corrected chi connectivity index (χ2v) is 4.15. The SMILES string of the molecule is CCCCCC#CC12CCCC1O2. The lowest BCUT2D eigenvalue weighted by Gasteiger charge is -1.95. The maximum atomic E-state index is 5.57. The van der Waals surface area contributed by atoms with Gasteiger partial charge in [-0.3, -0.25) is 0 Å². The average molecular weight is 178 g/mol. The molecule has 2 unspecified atom stereocenters. The molecule has 1 nitrogen and oxygen atoms in total. The number of rotatable bonds is 3. The minimum atomic E-state index is 0.0478. The Hall–Kier alpha value is -0.480. The summed E-state index contributed by atoms with van der Waals surface area (Å²) in [6.45, 7) is 2.23. The van der Waals surface area contributed by atoms with E-state index < -0.39 is 0 Å². The highest BCUT2D eigenvalue weighted by atomic mass is 16.6. The van der Waals surface area contributed by atoms with Gasteiger partial charge >= 0.3 is 0 Å². The van der Waals surface area contributed by atoms with Gasteiger partial charge in [-0.25, -0.2) is 0 Å². The third-order valence-electron chi connectivity index (χ3n) is 3.04. The maximum Gasteiger partial charge on any atom is 0.155 e. The van der Waals surface area contributed by atoms with Crippen LogP contribution in [0.1, 0.15) is 51.9 Å². The van der Waals surface area contributed by atoms with Crippen molar-refractivity contribution in [2.75, 3.05) is 0 Å². The topological polar surface area (TPSA) is 12.5 Å². The van der Waals surface area contributed by atoms with Crippen LogP contribution in [0.15, 0.2) is 0 Å². The molecular formula is C12H18O. The summed E-state index contributed by atoms with van der Waals surface area (Å²) >= 11 is 0. The van der Waals surface area contributed by atoms with Crippen molar-refractivity contribution in [1.82, 2.24) is 0 Å². The minimum Gasteiger partial charge on any atom is -0.352 e. The summed E-state index contributed by atoms with van der Waals surface area (Å²) in [5.41, 5.74) is 0.0478.